The number of benzene rings is 2. The quantitative estimate of drug-likeness (QED) is 0.785. The highest BCUT2D eigenvalue weighted by atomic mass is 19.1. The molecule has 2 N–H and O–H groups in total. The molecule has 5 rings (SSSR count). The van der Waals surface area contributed by atoms with Gasteiger partial charge in [0.2, 0.25) is 0 Å². The van der Waals surface area contributed by atoms with Crippen molar-refractivity contribution in [3.63, 3.8) is 0 Å². The minimum Gasteiger partial charge on any atom is -0.487 e. The number of piperidine rings is 1. The largest absolute Gasteiger partial charge is 0.487 e. The summed E-state index contributed by atoms with van der Waals surface area (Å²) in [5.74, 6) is -0.111. The van der Waals surface area contributed by atoms with Gasteiger partial charge in [0.15, 0.2) is 0 Å². The highest BCUT2D eigenvalue weighted by molar-refractivity contribution is 6.36. The lowest BCUT2D eigenvalue weighted by molar-refractivity contribution is -0.110. The fourth-order valence-electron chi connectivity index (χ4n) is 4.37. The Morgan fingerprint density at radius 2 is 1.97 bits per heavy atom. The number of amides is 1. The molecule has 3 heterocycles. The van der Waals surface area contributed by atoms with Crippen LogP contribution < -0.4 is 5.32 Å². The molecule has 0 radical (unpaired) electrons. The zero-order valence-electron chi connectivity index (χ0n) is 16.1. The van der Waals surface area contributed by atoms with E-state index in [9.17, 15) is 14.3 Å². The number of aliphatic hydroxyl groups is 1. The van der Waals surface area contributed by atoms with Crippen LogP contribution in [-0.4, -0.2) is 41.7 Å². The summed E-state index contributed by atoms with van der Waals surface area (Å²) in [5, 5.41) is 12.4. The Labute approximate surface area is 168 Å². The Morgan fingerprint density at radius 1 is 1.14 bits per heavy atom. The van der Waals surface area contributed by atoms with Gasteiger partial charge in [-0.2, -0.15) is 0 Å². The first kappa shape index (κ1) is 18.3. The van der Waals surface area contributed by atoms with Crippen LogP contribution in [0.25, 0.3) is 11.3 Å². The Balaban J connectivity index is 1.38. The minimum absolute atomic E-state index is 0.152. The van der Waals surface area contributed by atoms with Crippen molar-refractivity contribution < 1.29 is 19.0 Å². The molecule has 0 aliphatic carbocycles. The number of nitrogens with zero attached hydrogens (tertiary/aromatic N) is 1. The van der Waals surface area contributed by atoms with Crippen molar-refractivity contribution in [1.82, 2.24) is 4.90 Å². The molecule has 0 unspecified atom stereocenters. The van der Waals surface area contributed by atoms with Gasteiger partial charge in [0.25, 0.3) is 5.91 Å². The summed E-state index contributed by atoms with van der Waals surface area (Å²) in [7, 11) is 0. The SMILES string of the molecule is O=C1Nc2ccc(F)cc2C1=C1OCc2cc(CCN3CCC(O)CC3)ccc21. The van der Waals surface area contributed by atoms with Crippen LogP contribution in [0.4, 0.5) is 10.1 Å². The van der Waals surface area contributed by atoms with E-state index in [1.807, 2.05) is 6.07 Å². The van der Waals surface area contributed by atoms with Crippen LogP contribution >= 0.6 is 0 Å². The first-order valence-electron chi connectivity index (χ1n) is 10.1. The molecule has 0 spiro atoms. The van der Waals surface area contributed by atoms with E-state index in [-0.39, 0.29) is 17.8 Å². The van der Waals surface area contributed by atoms with Gasteiger partial charge in [0, 0.05) is 42.0 Å². The third kappa shape index (κ3) is 3.43. The van der Waals surface area contributed by atoms with Gasteiger partial charge in [-0.05, 0) is 43.0 Å². The van der Waals surface area contributed by atoms with Crippen molar-refractivity contribution in [2.24, 2.45) is 0 Å². The maximum atomic E-state index is 13.7. The second-order valence-corrected chi connectivity index (χ2v) is 7.95. The van der Waals surface area contributed by atoms with Crippen molar-refractivity contribution >= 4 is 22.9 Å². The third-order valence-electron chi connectivity index (χ3n) is 6.01. The summed E-state index contributed by atoms with van der Waals surface area (Å²) in [6.45, 7) is 3.26. The number of ether oxygens (including phenoxy) is 1. The average Bonchev–Trinajstić information content (AvgIpc) is 3.26. The lowest BCUT2D eigenvalue weighted by atomic mass is 9.98. The molecular formula is C23H23FN2O3. The Morgan fingerprint density at radius 3 is 2.79 bits per heavy atom. The monoisotopic (exact) mass is 394 g/mol. The number of likely N-dealkylation sites (tertiary alicyclic amines) is 1. The predicted octanol–water partition coefficient (Wildman–Crippen LogP) is 3.18. The van der Waals surface area contributed by atoms with Crippen molar-refractivity contribution in [2.75, 3.05) is 25.0 Å². The van der Waals surface area contributed by atoms with E-state index in [4.69, 9.17) is 4.74 Å². The molecule has 1 saturated heterocycles. The average molecular weight is 394 g/mol. The summed E-state index contributed by atoms with van der Waals surface area (Å²) in [4.78, 5) is 14.9. The first-order valence-corrected chi connectivity index (χ1v) is 10.1. The summed E-state index contributed by atoms with van der Waals surface area (Å²) in [6.07, 6.45) is 2.48. The van der Waals surface area contributed by atoms with E-state index in [0.717, 1.165) is 50.0 Å². The van der Waals surface area contributed by atoms with Crippen molar-refractivity contribution in [2.45, 2.75) is 32.0 Å². The fourth-order valence-corrected chi connectivity index (χ4v) is 4.37. The van der Waals surface area contributed by atoms with E-state index < -0.39 is 0 Å². The number of rotatable bonds is 3. The molecule has 3 aliphatic rings. The topological polar surface area (TPSA) is 61.8 Å². The zero-order valence-corrected chi connectivity index (χ0v) is 16.1. The Bertz CT molecular complexity index is 1010. The summed E-state index contributed by atoms with van der Waals surface area (Å²) in [5.41, 5.74) is 4.74. The minimum atomic E-state index is -0.378. The number of nitrogens with one attached hydrogen (secondary N) is 1. The van der Waals surface area contributed by atoms with Crippen LogP contribution in [0.1, 0.15) is 35.1 Å². The number of carbonyl (C=O) groups is 1. The van der Waals surface area contributed by atoms with Crippen molar-refractivity contribution in [3.8, 4) is 0 Å². The molecule has 0 aromatic heterocycles. The van der Waals surface area contributed by atoms with E-state index in [2.05, 4.69) is 22.3 Å². The molecule has 29 heavy (non-hydrogen) atoms. The molecule has 0 atom stereocenters. The van der Waals surface area contributed by atoms with Gasteiger partial charge >= 0.3 is 0 Å². The second-order valence-electron chi connectivity index (χ2n) is 7.95. The van der Waals surface area contributed by atoms with Gasteiger partial charge in [0.05, 0.1) is 11.7 Å². The van der Waals surface area contributed by atoms with Gasteiger partial charge in [-0.1, -0.05) is 18.2 Å². The highest BCUT2D eigenvalue weighted by Gasteiger charge is 2.32. The van der Waals surface area contributed by atoms with Crippen LogP contribution in [0, 0.1) is 5.82 Å². The molecule has 0 saturated carbocycles. The number of aliphatic hydroxyl groups excluding tert-OH is 1. The molecule has 2 aromatic rings. The molecule has 6 heteroatoms. The third-order valence-corrected chi connectivity index (χ3v) is 6.01. The lowest BCUT2D eigenvalue weighted by Crippen LogP contribution is -2.37. The van der Waals surface area contributed by atoms with E-state index in [0.29, 0.717) is 29.2 Å². The molecule has 150 valence electrons. The fraction of sp³-hybridized carbons (Fsp3) is 0.348. The second kappa shape index (κ2) is 7.28. The molecule has 5 nitrogen and oxygen atoms in total. The van der Waals surface area contributed by atoms with Crippen molar-refractivity contribution in [3.05, 3.63) is 64.5 Å². The number of anilines is 1. The van der Waals surface area contributed by atoms with Gasteiger partial charge < -0.3 is 20.1 Å². The normalized spacial score (nSPS) is 21.7. The lowest BCUT2D eigenvalue weighted by Gasteiger charge is -2.29. The van der Waals surface area contributed by atoms with Crippen LogP contribution in [0.5, 0.6) is 0 Å². The number of hydrogen-bond donors (Lipinski definition) is 2. The summed E-state index contributed by atoms with van der Waals surface area (Å²) >= 11 is 0. The number of hydrogen-bond acceptors (Lipinski definition) is 4. The summed E-state index contributed by atoms with van der Waals surface area (Å²) in [6, 6.07) is 10.5. The van der Waals surface area contributed by atoms with E-state index in [1.165, 1.54) is 17.7 Å². The standard InChI is InChI=1S/C23H23FN2O3/c24-16-2-4-20-19(12-16)21(23(28)25-20)22-18-3-1-14(11-15(18)13-29-22)5-8-26-9-6-17(27)7-10-26/h1-4,11-12,17,27H,5-10,13H2,(H,25,28). The maximum absolute atomic E-state index is 13.7. The smallest absolute Gasteiger partial charge is 0.260 e. The molecule has 3 aliphatic heterocycles. The molecule has 1 fully saturated rings. The van der Waals surface area contributed by atoms with Crippen LogP contribution in [0.2, 0.25) is 0 Å². The number of halogens is 1. The highest BCUT2D eigenvalue weighted by Crippen LogP contribution is 2.41. The first-order chi connectivity index (χ1) is 14.1. The van der Waals surface area contributed by atoms with Crippen LogP contribution in [0.3, 0.4) is 0 Å². The number of fused-ring (bicyclic) bond motifs is 2. The van der Waals surface area contributed by atoms with Crippen LogP contribution in [0.15, 0.2) is 36.4 Å². The Hall–Kier alpha value is -2.70. The van der Waals surface area contributed by atoms with Gasteiger partial charge in [-0.3, -0.25) is 4.79 Å². The zero-order chi connectivity index (χ0) is 20.0. The summed E-state index contributed by atoms with van der Waals surface area (Å²) < 4.78 is 19.6. The Kier molecular flexibility index (Phi) is 4.60. The maximum Gasteiger partial charge on any atom is 0.260 e. The molecular weight excluding hydrogens is 371 g/mol. The predicted molar refractivity (Wildman–Crippen MR) is 108 cm³/mol. The van der Waals surface area contributed by atoms with E-state index in [1.54, 1.807) is 6.07 Å². The van der Waals surface area contributed by atoms with Crippen LogP contribution in [-0.2, 0) is 22.6 Å². The van der Waals surface area contributed by atoms with E-state index >= 15 is 0 Å². The van der Waals surface area contributed by atoms with Gasteiger partial charge in [0.1, 0.15) is 18.2 Å². The van der Waals surface area contributed by atoms with Gasteiger partial charge in [-0.15, -0.1) is 0 Å². The number of carbonyl (C=O) groups excluding carboxylic acids is 1. The van der Waals surface area contributed by atoms with Gasteiger partial charge in [-0.25, -0.2) is 4.39 Å². The molecule has 0 bridgehead atoms. The molecule has 2 aromatic carbocycles. The molecule has 1 amide bonds. The van der Waals surface area contributed by atoms with Crippen molar-refractivity contribution in [1.29, 1.82) is 0 Å².